The number of nitrogens with zero attached hydrogens (tertiary/aromatic N) is 6. The van der Waals surface area contributed by atoms with E-state index in [9.17, 15) is 9.90 Å². The predicted molar refractivity (Wildman–Crippen MR) is 158 cm³/mol. The molecule has 4 aliphatic heterocycles. The van der Waals surface area contributed by atoms with Gasteiger partial charge in [-0.1, -0.05) is 19.9 Å². The molecule has 8 heteroatoms. The largest absolute Gasteiger partial charge is 0.387 e. The fourth-order valence-electron chi connectivity index (χ4n) is 7.55. The molecule has 0 spiro atoms. The fraction of sp³-hybridized carbons (Fsp3) is 0.656. The first-order valence-corrected chi connectivity index (χ1v) is 15.5. The van der Waals surface area contributed by atoms with E-state index in [1.54, 1.807) is 0 Å². The van der Waals surface area contributed by atoms with Crippen LogP contribution in [0, 0.1) is 23.7 Å². The molecular weight excluding hydrogens is 500 g/mol. The summed E-state index contributed by atoms with van der Waals surface area (Å²) in [5.74, 6) is 1.64. The highest BCUT2D eigenvalue weighted by Crippen LogP contribution is 2.43. The van der Waals surface area contributed by atoms with E-state index in [2.05, 4.69) is 52.7 Å². The summed E-state index contributed by atoms with van der Waals surface area (Å²) in [7, 11) is 2.07. The van der Waals surface area contributed by atoms with E-state index < -0.39 is 5.60 Å². The number of amides is 1. The minimum atomic E-state index is -0.700. The standard InChI is InChI=1S/C32H46N6O2/c1-4-26-10-11-28(16-33-26)37-19-24(15-25(20-37)32(40)21-35(3)22-32)29-14-23(17-36-12-7-13-36)18-38(31(29)39)30-9-6-8-27(5-2)34-30/h6,8-11,16,23-25,29,40H,4-5,7,12-15,17-22H2,1-3H3/t23?,24?,25-,29?/m0/s1. The normalized spacial score (nSPS) is 29.2. The molecule has 6 rings (SSSR count). The SMILES string of the molecule is CCc1ccc(N2CC(C3CC(CN4CCC4)CN(c4cccc(CC)n4)C3=O)C[C@H](C3(O)CN(C)C3)C2)cn1. The fourth-order valence-corrected chi connectivity index (χ4v) is 7.55. The molecule has 0 aromatic carbocycles. The molecule has 1 N–H and O–H groups in total. The number of hydrogen-bond acceptors (Lipinski definition) is 7. The van der Waals surface area contributed by atoms with Crippen molar-refractivity contribution in [1.29, 1.82) is 0 Å². The lowest BCUT2D eigenvalue weighted by atomic mass is 9.68. The highest BCUT2D eigenvalue weighted by molar-refractivity contribution is 5.95. The number of likely N-dealkylation sites (N-methyl/N-ethyl adjacent to an activating group) is 1. The highest BCUT2D eigenvalue weighted by Gasteiger charge is 2.51. The molecule has 4 atom stereocenters. The molecule has 6 heterocycles. The third-order valence-electron chi connectivity index (χ3n) is 9.94. The summed E-state index contributed by atoms with van der Waals surface area (Å²) in [5, 5.41) is 11.6. The number of β-amino-alcohol motifs (C(OH)–C–C–N with tert-alkyl or cyclic N) is 1. The summed E-state index contributed by atoms with van der Waals surface area (Å²) < 4.78 is 0. The van der Waals surface area contributed by atoms with Gasteiger partial charge < -0.3 is 19.8 Å². The van der Waals surface area contributed by atoms with E-state index in [0.29, 0.717) is 19.0 Å². The van der Waals surface area contributed by atoms with Gasteiger partial charge in [0.15, 0.2) is 0 Å². The molecule has 4 fully saturated rings. The van der Waals surface area contributed by atoms with Crippen molar-refractivity contribution in [3.05, 3.63) is 47.9 Å². The molecule has 2 aromatic rings. The number of aryl methyl sites for hydroxylation is 2. The van der Waals surface area contributed by atoms with E-state index in [4.69, 9.17) is 4.98 Å². The van der Waals surface area contributed by atoms with Gasteiger partial charge in [0, 0.05) is 62.5 Å². The number of anilines is 2. The maximum atomic E-state index is 14.3. The van der Waals surface area contributed by atoms with Crippen LogP contribution in [0.25, 0.3) is 0 Å². The topological polar surface area (TPSA) is 76.0 Å². The number of rotatable bonds is 8. The van der Waals surface area contributed by atoms with Gasteiger partial charge >= 0.3 is 0 Å². The number of aromatic nitrogens is 2. The summed E-state index contributed by atoms with van der Waals surface area (Å²) in [6.07, 6.45) is 6.82. The number of aliphatic hydroxyl groups is 1. The van der Waals surface area contributed by atoms with Crippen LogP contribution in [0.5, 0.6) is 0 Å². The van der Waals surface area contributed by atoms with Crippen LogP contribution in [0.2, 0.25) is 0 Å². The Bertz CT molecular complexity index is 1180. The van der Waals surface area contributed by atoms with Crippen molar-refractivity contribution in [2.45, 2.75) is 51.6 Å². The van der Waals surface area contributed by atoms with Gasteiger partial charge in [-0.15, -0.1) is 0 Å². The van der Waals surface area contributed by atoms with Crippen LogP contribution in [0.15, 0.2) is 36.5 Å². The molecule has 3 unspecified atom stereocenters. The Morgan fingerprint density at radius 2 is 1.80 bits per heavy atom. The van der Waals surface area contributed by atoms with Gasteiger partial charge in [0.25, 0.3) is 0 Å². The molecule has 4 saturated heterocycles. The van der Waals surface area contributed by atoms with Crippen molar-refractivity contribution in [2.24, 2.45) is 23.7 Å². The van der Waals surface area contributed by atoms with Crippen LogP contribution >= 0.6 is 0 Å². The van der Waals surface area contributed by atoms with Gasteiger partial charge in [-0.2, -0.15) is 0 Å². The number of carbonyl (C=O) groups is 1. The molecule has 0 aliphatic carbocycles. The molecule has 2 aromatic heterocycles. The average Bonchev–Trinajstić information content (AvgIpc) is 2.94. The van der Waals surface area contributed by atoms with Gasteiger partial charge in [0.05, 0.1) is 17.5 Å². The number of likely N-dealkylation sites (tertiary alicyclic amines) is 2. The number of pyridine rings is 2. The van der Waals surface area contributed by atoms with Crippen LogP contribution in [0.3, 0.4) is 0 Å². The summed E-state index contributed by atoms with van der Waals surface area (Å²) in [6.45, 7) is 11.4. The third-order valence-corrected chi connectivity index (χ3v) is 9.94. The average molecular weight is 547 g/mol. The molecule has 1 amide bonds. The van der Waals surface area contributed by atoms with Gasteiger partial charge in [0.2, 0.25) is 5.91 Å². The minimum absolute atomic E-state index is 0.0818. The number of hydrogen-bond donors (Lipinski definition) is 1. The quantitative estimate of drug-likeness (QED) is 0.545. The second-order valence-electron chi connectivity index (χ2n) is 12.9. The molecule has 0 bridgehead atoms. The third kappa shape index (κ3) is 5.50. The van der Waals surface area contributed by atoms with Gasteiger partial charge in [-0.3, -0.25) is 14.7 Å². The lowest BCUT2D eigenvalue weighted by Crippen LogP contribution is -2.67. The van der Waals surface area contributed by atoms with Crippen molar-refractivity contribution in [3.63, 3.8) is 0 Å². The van der Waals surface area contributed by atoms with E-state index in [0.717, 1.165) is 74.8 Å². The Hall–Kier alpha value is -2.55. The maximum Gasteiger partial charge on any atom is 0.231 e. The Labute approximate surface area is 239 Å². The van der Waals surface area contributed by atoms with Crippen molar-refractivity contribution < 1.29 is 9.90 Å². The zero-order valence-corrected chi connectivity index (χ0v) is 24.5. The smallest absolute Gasteiger partial charge is 0.231 e. The van der Waals surface area contributed by atoms with E-state index >= 15 is 0 Å². The van der Waals surface area contributed by atoms with Crippen molar-refractivity contribution >= 4 is 17.4 Å². The monoisotopic (exact) mass is 546 g/mol. The first kappa shape index (κ1) is 27.6. The number of carbonyl (C=O) groups excluding carboxylic acids is 1. The maximum absolute atomic E-state index is 14.3. The second kappa shape index (κ2) is 11.4. The Morgan fingerprint density at radius 3 is 2.45 bits per heavy atom. The first-order valence-electron chi connectivity index (χ1n) is 15.5. The van der Waals surface area contributed by atoms with E-state index in [-0.39, 0.29) is 23.7 Å². The first-order chi connectivity index (χ1) is 19.3. The molecule has 40 heavy (non-hydrogen) atoms. The summed E-state index contributed by atoms with van der Waals surface area (Å²) >= 11 is 0. The Morgan fingerprint density at radius 1 is 1.00 bits per heavy atom. The highest BCUT2D eigenvalue weighted by atomic mass is 16.3. The van der Waals surface area contributed by atoms with Crippen LogP contribution < -0.4 is 9.80 Å². The second-order valence-corrected chi connectivity index (χ2v) is 12.9. The van der Waals surface area contributed by atoms with Crippen LogP contribution in [0.4, 0.5) is 11.5 Å². The predicted octanol–water partition coefficient (Wildman–Crippen LogP) is 3.10. The van der Waals surface area contributed by atoms with Crippen molar-refractivity contribution in [3.8, 4) is 0 Å². The molecule has 0 radical (unpaired) electrons. The van der Waals surface area contributed by atoms with Gasteiger partial charge in [-0.05, 0) is 88.3 Å². The molecule has 0 saturated carbocycles. The summed E-state index contributed by atoms with van der Waals surface area (Å²) in [4.78, 5) is 33.0. The van der Waals surface area contributed by atoms with Crippen LogP contribution in [-0.4, -0.2) is 95.8 Å². The van der Waals surface area contributed by atoms with Crippen LogP contribution in [-0.2, 0) is 17.6 Å². The molecule has 8 nitrogen and oxygen atoms in total. The Balaban J connectivity index is 1.30. The van der Waals surface area contributed by atoms with Gasteiger partial charge in [0.1, 0.15) is 5.82 Å². The van der Waals surface area contributed by atoms with E-state index in [1.807, 2.05) is 29.3 Å². The minimum Gasteiger partial charge on any atom is -0.387 e. The molecule has 4 aliphatic rings. The van der Waals surface area contributed by atoms with Crippen molar-refractivity contribution in [1.82, 2.24) is 19.8 Å². The molecule has 216 valence electrons. The zero-order chi connectivity index (χ0) is 27.9. The summed E-state index contributed by atoms with van der Waals surface area (Å²) in [6, 6.07) is 10.4. The van der Waals surface area contributed by atoms with Crippen LogP contribution in [0.1, 0.15) is 44.5 Å². The van der Waals surface area contributed by atoms with Gasteiger partial charge in [-0.25, -0.2) is 4.98 Å². The lowest BCUT2D eigenvalue weighted by Gasteiger charge is -2.54. The van der Waals surface area contributed by atoms with E-state index in [1.165, 1.54) is 19.5 Å². The molecular formula is C32H46N6O2. The van der Waals surface area contributed by atoms with Crippen molar-refractivity contribution in [2.75, 3.05) is 69.2 Å². The Kier molecular flexibility index (Phi) is 7.85. The lowest BCUT2D eigenvalue weighted by molar-refractivity contribution is -0.139. The number of piperidine rings is 2. The summed E-state index contributed by atoms with van der Waals surface area (Å²) in [5.41, 5.74) is 2.50. The zero-order valence-electron chi connectivity index (χ0n) is 24.5.